The zero-order chi connectivity index (χ0) is 23.9. The molecule has 0 aliphatic carbocycles. The van der Waals surface area contributed by atoms with Crippen LogP contribution >= 0.6 is 11.6 Å². The number of carbonyl (C=O) groups is 1. The van der Waals surface area contributed by atoms with Crippen LogP contribution < -0.4 is 4.74 Å². The molecule has 0 spiro atoms. The third kappa shape index (κ3) is 4.66. The van der Waals surface area contributed by atoms with E-state index in [1.807, 2.05) is 6.92 Å². The summed E-state index contributed by atoms with van der Waals surface area (Å²) >= 11 is 6.15. The zero-order valence-corrected chi connectivity index (χ0v) is 18.9. The first-order valence-electron chi connectivity index (χ1n) is 9.99. The molecule has 0 unspecified atom stereocenters. The largest absolute Gasteiger partial charge is 0.481 e. The Morgan fingerprint density at radius 1 is 1.24 bits per heavy atom. The fraction of sp³-hybridized carbons (Fsp3) is 0.333. The molecule has 1 saturated heterocycles. The highest BCUT2D eigenvalue weighted by Crippen LogP contribution is 2.35. The molecule has 2 aromatic carbocycles. The van der Waals surface area contributed by atoms with E-state index in [0.29, 0.717) is 21.6 Å². The van der Waals surface area contributed by atoms with Crippen LogP contribution in [0.2, 0.25) is 5.02 Å². The molecule has 33 heavy (non-hydrogen) atoms. The summed E-state index contributed by atoms with van der Waals surface area (Å²) in [6, 6.07) is 9.48. The molecule has 0 amide bonds. The molecule has 0 bridgehead atoms. The highest BCUT2D eigenvalue weighted by atomic mass is 35.5. The first-order valence-corrected chi connectivity index (χ1v) is 11.8. The molecule has 3 aromatic rings. The van der Waals surface area contributed by atoms with Gasteiger partial charge in [0.1, 0.15) is 5.75 Å². The lowest BCUT2D eigenvalue weighted by molar-refractivity contribution is -0.136. The minimum Gasteiger partial charge on any atom is -0.481 e. The number of halogens is 3. The Hall–Kier alpha value is -2.76. The van der Waals surface area contributed by atoms with Crippen LogP contribution in [-0.2, 0) is 21.2 Å². The monoisotopic (exact) mass is 499 g/mol. The minimum absolute atomic E-state index is 0.0445. The van der Waals surface area contributed by atoms with Crippen molar-refractivity contribution in [3.63, 3.8) is 0 Å². The van der Waals surface area contributed by atoms with Crippen LogP contribution in [0.5, 0.6) is 5.75 Å². The second-order valence-electron chi connectivity index (χ2n) is 7.84. The molecule has 1 fully saturated rings. The standard InChI is InChI=1S/C21H20ClF2N3O5S/c1-12-10-26(33(30,31)15-5-3-14(4-6-15)32-21(23)24)11-19(12)27-18-8-13(22)2-7-16(18)17(25-27)9-20(28)29/h2-8,12,19,21H,9-11H2,1H3,(H,28,29)/t12-,19+/m1/s1. The number of aliphatic carboxylic acids is 1. The number of hydrogen-bond acceptors (Lipinski definition) is 5. The van der Waals surface area contributed by atoms with E-state index < -0.39 is 22.6 Å². The molecule has 0 saturated carbocycles. The third-order valence-corrected chi connectivity index (χ3v) is 7.69. The maximum Gasteiger partial charge on any atom is 0.387 e. The second kappa shape index (κ2) is 8.88. The highest BCUT2D eigenvalue weighted by Gasteiger charge is 2.39. The van der Waals surface area contributed by atoms with Gasteiger partial charge in [0.15, 0.2) is 0 Å². The number of carboxylic acids is 1. The number of hydrogen-bond donors (Lipinski definition) is 1. The second-order valence-corrected chi connectivity index (χ2v) is 10.2. The van der Waals surface area contributed by atoms with Gasteiger partial charge in [0, 0.05) is 23.5 Å². The Balaban J connectivity index is 1.64. The summed E-state index contributed by atoms with van der Waals surface area (Å²) in [6.07, 6.45) is -0.277. The van der Waals surface area contributed by atoms with Crippen LogP contribution in [0.4, 0.5) is 8.78 Å². The quantitative estimate of drug-likeness (QED) is 0.530. The molecule has 1 aromatic heterocycles. The van der Waals surface area contributed by atoms with Gasteiger partial charge in [-0.15, -0.1) is 0 Å². The Morgan fingerprint density at radius 3 is 2.58 bits per heavy atom. The van der Waals surface area contributed by atoms with Gasteiger partial charge >= 0.3 is 12.6 Å². The van der Waals surface area contributed by atoms with Crippen molar-refractivity contribution in [2.75, 3.05) is 13.1 Å². The first kappa shape index (κ1) is 23.4. The molecule has 1 aliphatic heterocycles. The lowest BCUT2D eigenvalue weighted by Crippen LogP contribution is -2.29. The van der Waals surface area contributed by atoms with E-state index in [-0.39, 0.29) is 42.1 Å². The van der Waals surface area contributed by atoms with Crippen molar-refractivity contribution in [1.29, 1.82) is 0 Å². The van der Waals surface area contributed by atoms with E-state index in [2.05, 4.69) is 9.84 Å². The number of benzene rings is 2. The van der Waals surface area contributed by atoms with Gasteiger partial charge in [-0.25, -0.2) is 8.42 Å². The number of rotatable bonds is 7. The Kier molecular flexibility index (Phi) is 6.30. The summed E-state index contributed by atoms with van der Waals surface area (Å²) in [6.45, 7) is -0.807. The van der Waals surface area contributed by atoms with Gasteiger partial charge < -0.3 is 9.84 Å². The Morgan fingerprint density at radius 2 is 1.94 bits per heavy atom. The highest BCUT2D eigenvalue weighted by molar-refractivity contribution is 7.89. The molecular formula is C21H20ClF2N3O5S. The number of alkyl halides is 2. The number of ether oxygens (including phenoxy) is 1. The first-order chi connectivity index (χ1) is 15.6. The maximum atomic E-state index is 13.2. The fourth-order valence-corrected chi connectivity index (χ4v) is 5.79. The van der Waals surface area contributed by atoms with Gasteiger partial charge in [-0.1, -0.05) is 18.5 Å². The number of aromatic nitrogens is 2. The van der Waals surface area contributed by atoms with Crippen LogP contribution in [-0.4, -0.2) is 53.3 Å². The van der Waals surface area contributed by atoms with E-state index in [1.54, 1.807) is 22.9 Å². The zero-order valence-electron chi connectivity index (χ0n) is 17.4. The molecule has 2 heterocycles. The predicted molar refractivity (Wildman–Crippen MR) is 116 cm³/mol. The van der Waals surface area contributed by atoms with Crippen molar-refractivity contribution in [2.45, 2.75) is 30.9 Å². The van der Waals surface area contributed by atoms with Crippen molar-refractivity contribution in [2.24, 2.45) is 5.92 Å². The third-order valence-electron chi connectivity index (χ3n) is 5.60. The van der Waals surface area contributed by atoms with Gasteiger partial charge in [-0.3, -0.25) is 9.48 Å². The van der Waals surface area contributed by atoms with Gasteiger partial charge in [0.05, 0.1) is 28.6 Å². The maximum absolute atomic E-state index is 13.2. The summed E-state index contributed by atoms with van der Waals surface area (Å²) in [5.41, 5.74) is 1.00. The molecule has 176 valence electrons. The SMILES string of the molecule is C[C@@H]1CN(S(=O)(=O)c2ccc(OC(F)F)cc2)C[C@@H]1n1nc(CC(=O)O)c2ccc(Cl)cc21. The molecule has 12 heteroatoms. The van der Waals surface area contributed by atoms with E-state index in [0.717, 1.165) is 0 Å². The molecular weight excluding hydrogens is 480 g/mol. The fourth-order valence-electron chi connectivity index (χ4n) is 4.07. The summed E-state index contributed by atoms with van der Waals surface area (Å²) < 4.78 is 58.3. The van der Waals surface area contributed by atoms with Gasteiger partial charge in [-0.05, 0) is 48.4 Å². The predicted octanol–water partition coefficient (Wildman–Crippen LogP) is 3.80. The molecule has 4 rings (SSSR count). The lowest BCUT2D eigenvalue weighted by atomic mass is 10.1. The average Bonchev–Trinajstić information content (AvgIpc) is 3.28. The van der Waals surface area contributed by atoms with Crippen LogP contribution in [0.3, 0.4) is 0 Å². The van der Waals surface area contributed by atoms with Crippen LogP contribution in [0, 0.1) is 5.92 Å². The van der Waals surface area contributed by atoms with E-state index in [1.165, 1.54) is 28.6 Å². The van der Waals surface area contributed by atoms with Crippen molar-refractivity contribution in [3.05, 3.63) is 53.2 Å². The molecule has 0 radical (unpaired) electrons. The van der Waals surface area contributed by atoms with Gasteiger partial charge in [0.25, 0.3) is 0 Å². The molecule has 1 aliphatic rings. The van der Waals surface area contributed by atoms with Crippen molar-refractivity contribution in [3.8, 4) is 5.75 Å². The number of sulfonamides is 1. The van der Waals surface area contributed by atoms with Crippen LogP contribution in [0.1, 0.15) is 18.7 Å². The molecule has 2 atom stereocenters. The van der Waals surface area contributed by atoms with Crippen molar-refractivity contribution < 1.29 is 31.8 Å². The summed E-state index contributed by atoms with van der Waals surface area (Å²) in [4.78, 5) is 11.2. The average molecular weight is 500 g/mol. The summed E-state index contributed by atoms with van der Waals surface area (Å²) in [5, 5.41) is 14.8. The summed E-state index contributed by atoms with van der Waals surface area (Å²) in [5.74, 6) is -1.30. The number of fused-ring (bicyclic) bond motifs is 1. The van der Waals surface area contributed by atoms with Crippen LogP contribution in [0.25, 0.3) is 10.9 Å². The smallest absolute Gasteiger partial charge is 0.387 e. The van der Waals surface area contributed by atoms with Crippen molar-refractivity contribution >= 4 is 38.5 Å². The van der Waals surface area contributed by atoms with Gasteiger partial charge in [-0.2, -0.15) is 18.2 Å². The van der Waals surface area contributed by atoms with Crippen molar-refractivity contribution in [1.82, 2.24) is 14.1 Å². The lowest BCUT2D eigenvalue weighted by Gasteiger charge is -2.18. The molecule has 8 nitrogen and oxygen atoms in total. The number of carboxylic acid groups (broad SMARTS) is 1. The van der Waals surface area contributed by atoms with Gasteiger partial charge in [0.2, 0.25) is 10.0 Å². The number of nitrogens with zero attached hydrogens (tertiary/aromatic N) is 3. The normalized spacial score (nSPS) is 19.4. The van der Waals surface area contributed by atoms with Crippen LogP contribution in [0.15, 0.2) is 47.4 Å². The summed E-state index contributed by atoms with van der Waals surface area (Å²) in [7, 11) is -3.90. The van der Waals surface area contributed by atoms with E-state index >= 15 is 0 Å². The minimum atomic E-state index is -3.90. The topological polar surface area (TPSA) is 102 Å². The van der Waals surface area contributed by atoms with E-state index in [4.69, 9.17) is 11.6 Å². The Labute approximate surface area is 193 Å². The van der Waals surface area contributed by atoms with E-state index in [9.17, 15) is 27.1 Å². The molecule has 1 N–H and O–H groups in total. The Bertz CT molecular complexity index is 1300.